The van der Waals surface area contributed by atoms with E-state index in [4.69, 9.17) is 9.47 Å². The zero-order valence-electron chi connectivity index (χ0n) is 13.3. The lowest BCUT2D eigenvalue weighted by molar-refractivity contribution is -0.193. The van der Waals surface area contributed by atoms with E-state index in [-0.39, 0.29) is 17.6 Å². The first-order valence-corrected chi connectivity index (χ1v) is 8.98. The molecule has 0 aromatic carbocycles. The van der Waals surface area contributed by atoms with Crippen molar-refractivity contribution in [2.45, 2.75) is 31.0 Å². The minimum Gasteiger partial charge on any atom is -0.460 e. The van der Waals surface area contributed by atoms with E-state index in [0.717, 1.165) is 17.7 Å². The quantitative estimate of drug-likeness (QED) is 0.847. The third-order valence-electron chi connectivity index (χ3n) is 4.48. The molecule has 0 N–H and O–H groups in total. The Labute approximate surface area is 144 Å². The summed E-state index contributed by atoms with van der Waals surface area (Å²) in [5, 5.41) is 2.00. The van der Waals surface area contributed by atoms with E-state index in [9.17, 15) is 4.79 Å². The highest BCUT2D eigenvalue weighted by Crippen LogP contribution is 2.35. The minimum absolute atomic E-state index is 0.0377. The summed E-state index contributed by atoms with van der Waals surface area (Å²) in [5.41, 5.74) is -0.261. The van der Waals surface area contributed by atoms with E-state index < -0.39 is 0 Å². The normalized spacial score (nSPS) is 22.2. The van der Waals surface area contributed by atoms with Crippen LogP contribution >= 0.6 is 11.3 Å². The predicted molar refractivity (Wildman–Crippen MR) is 89.0 cm³/mol. The van der Waals surface area contributed by atoms with Crippen LogP contribution in [0.25, 0.3) is 0 Å². The van der Waals surface area contributed by atoms with Crippen LogP contribution in [0.15, 0.2) is 36.0 Å². The molecule has 1 atom stereocenters. The molecule has 6 nitrogen and oxygen atoms in total. The molecule has 1 amide bonds. The zero-order valence-corrected chi connectivity index (χ0v) is 14.1. The summed E-state index contributed by atoms with van der Waals surface area (Å²) in [5.74, 6) is 0.168. The number of carbonyl (C=O) groups excluding carboxylic acids is 1. The highest BCUT2D eigenvalue weighted by Gasteiger charge is 2.49. The van der Waals surface area contributed by atoms with Gasteiger partial charge in [-0.15, -0.1) is 11.3 Å². The average Bonchev–Trinajstić information content (AvgIpc) is 3.06. The Morgan fingerprint density at radius 2 is 2.21 bits per heavy atom. The first-order chi connectivity index (χ1) is 11.7. The van der Waals surface area contributed by atoms with E-state index in [1.807, 2.05) is 22.4 Å². The molecule has 4 heterocycles. The number of nitrogens with zero attached hydrogens (tertiary/aromatic N) is 3. The molecular weight excluding hydrogens is 326 g/mol. The first kappa shape index (κ1) is 15.5. The number of carbonyl (C=O) groups is 1. The molecule has 0 saturated carbocycles. The van der Waals surface area contributed by atoms with Crippen molar-refractivity contribution in [2.24, 2.45) is 0 Å². The second-order valence-electron chi connectivity index (χ2n) is 6.30. The van der Waals surface area contributed by atoms with Crippen molar-refractivity contribution in [3.05, 3.63) is 40.8 Å². The number of hydrogen-bond acceptors (Lipinski definition) is 6. The lowest BCUT2D eigenvalue weighted by Gasteiger charge is -2.52. The lowest BCUT2D eigenvalue weighted by Crippen LogP contribution is -2.67. The van der Waals surface area contributed by atoms with Crippen LogP contribution in [0.3, 0.4) is 0 Å². The first-order valence-electron chi connectivity index (χ1n) is 8.10. The largest absolute Gasteiger partial charge is 0.460 e. The Bertz CT molecular complexity index is 686. The third kappa shape index (κ3) is 3.27. The minimum atomic E-state index is -0.261. The number of likely N-dealkylation sites (tertiary alicyclic amines) is 1. The van der Waals surface area contributed by atoms with Crippen molar-refractivity contribution in [3.63, 3.8) is 0 Å². The predicted octanol–water partition coefficient (Wildman–Crippen LogP) is 1.92. The van der Waals surface area contributed by atoms with Crippen LogP contribution in [-0.4, -0.2) is 52.2 Å². The van der Waals surface area contributed by atoms with Crippen molar-refractivity contribution in [3.8, 4) is 6.01 Å². The van der Waals surface area contributed by atoms with Crippen LogP contribution in [0.4, 0.5) is 0 Å². The molecule has 1 spiro atoms. The highest BCUT2D eigenvalue weighted by molar-refractivity contribution is 7.10. The van der Waals surface area contributed by atoms with Crippen LogP contribution in [0.5, 0.6) is 6.01 Å². The van der Waals surface area contributed by atoms with Crippen molar-refractivity contribution >= 4 is 17.2 Å². The van der Waals surface area contributed by atoms with Crippen molar-refractivity contribution in [2.75, 3.05) is 19.7 Å². The smallest absolute Gasteiger partial charge is 0.316 e. The summed E-state index contributed by atoms with van der Waals surface area (Å²) >= 11 is 1.62. The molecule has 1 unspecified atom stereocenters. The Morgan fingerprint density at radius 3 is 2.96 bits per heavy atom. The van der Waals surface area contributed by atoms with Gasteiger partial charge in [0.2, 0.25) is 5.91 Å². The fraction of sp³-hybridized carbons (Fsp3) is 0.471. The van der Waals surface area contributed by atoms with Gasteiger partial charge < -0.3 is 14.4 Å². The lowest BCUT2D eigenvalue weighted by atomic mass is 9.84. The molecule has 4 rings (SSSR count). The third-order valence-corrected chi connectivity index (χ3v) is 5.35. The molecule has 0 bridgehead atoms. The van der Waals surface area contributed by atoms with Crippen molar-refractivity contribution in [1.29, 1.82) is 0 Å². The van der Waals surface area contributed by atoms with Crippen LogP contribution in [0.1, 0.15) is 17.7 Å². The van der Waals surface area contributed by atoms with Crippen LogP contribution in [0, 0.1) is 0 Å². The molecule has 2 aliphatic rings. The van der Waals surface area contributed by atoms with Crippen molar-refractivity contribution < 1.29 is 14.3 Å². The summed E-state index contributed by atoms with van der Waals surface area (Å²) < 4.78 is 11.8. The van der Waals surface area contributed by atoms with E-state index in [0.29, 0.717) is 32.1 Å². The zero-order chi connectivity index (χ0) is 16.4. The van der Waals surface area contributed by atoms with Gasteiger partial charge in [-0.25, -0.2) is 9.97 Å². The monoisotopic (exact) mass is 345 g/mol. The molecule has 0 radical (unpaired) electrons. The summed E-state index contributed by atoms with van der Waals surface area (Å²) in [6.45, 7) is 1.93. The number of ether oxygens (including phenoxy) is 2. The molecular formula is C17H19N3O3S. The SMILES string of the molecule is O=C(Cc1cccs1)N1CC2(CC(Oc3ncccn3)CCO2)C1. The van der Waals surface area contributed by atoms with Crippen LogP contribution in [0.2, 0.25) is 0 Å². The van der Waals surface area contributed by atoms with E-state index >= 15 is 0 Å². The molecule has 24 heavy (non-hydrogen) atoms. The molecule has 7 heteroatoms. The van der Waals surface area contributed by atoms with E-state index in [2.05, 4.69) is 9.97 Å². The van der Waals surface area contributed by atoms with Gasteiger partial charge in [0.15, 0.2) is 0 Å². The number of amides is 1. The number of hydrogen-bond donors (Lipinski definition) is 0. The van der Waals surface area contributed by atoms with E-state index in [1.165, 1.54) is 0 Å². The molecule has 0 aliphatic carbocycles. The molecule has 2 aromatic rings. The number of thiophene rings is 1. The molecule has 2 aliphatic heterocycles. The second-order valence-corrected chi connectivity index (χ2v) is 7.33. The van der Waals surface area contributed by atoms with Gasteiger partial charge in [-0.05, 0) is 17.5 Å². The Hall–Kier alpha value is -1.99. The fourth-order valence-corrected chi connectivity index (χ4v) is 3.99. The molecule has 126 valence electrons. The van der Waals surface area contributed by atoms with Gasteiger partial charge in [0.1, 0.15) is 11.7 Å². The molecule has 2 saturated heterocycles. The van der Waals surface area contributed by atoms with Gasteiger partial charge in [0.05, 0.1) is 26.1 Å². The maximum Gasteiger partial charge on any atom is 0.316 e. The number of aromatic nitrogens is 2. The van der Waals surface area contributed by atoms with Gasteiger partial charge in [-0.2, -0.15) is 0 Å². The van der Waals surface area contributed by atoms with Gasteiger partial charge in [0.25, 0.3) is 0 Å². The second kappa shape index (κ2) is 6.49. The average molecular weight is 345 g/mol. The summed E-state index contributed by atoms with van der Waals surface area (Å²) in [6, 6.07) is 6.15. The fourth-order valence-electron chi connectivity index (χ4n) is 3.30. The van der Waals surface area contributed by atoms with Crippen molar-refractivity contribution in [1.82, 2.24) is 14.9 Å². The van der Waals surface area contributed by atoms with Crippen LogP contribution in [-0.2, 0) is 16.0 Å². The van der Waals surface area contributed by atoms with Crippen LogP contribution < -0.4 is 4.74 Å². The molecule has 2 aromatic heterocycles. The Morgan fingerprint density at radius 1 is 1.38 bits per heavy atom. The number of rotatable bonds is 4. The van der Waals surface area contributed by atoms with E-state index in [1.54, 1.807) is 29.8 Å². The van der Waals surface area contributed by atoms with Gasteiger partial charge >= 0.3 is 6.01 Å². The highest BCUT2D eigenvalue weighted by atomic mass is 32.1. The Kier molecular flexibility index (Phi) is 4.20. The maximum absolute atomic E-state index is 12.3. The Balaban J connectivity index is 1.31. The topological polar surface area (TPSA) is 64.6 Å². The summed E-state index contributed by atoms with van der Waals surface area (Å²) in [6.07, 6.45) is 5.45. The summed E-state index contributed by atoms with van der Waals surface area (Å²) in [4.78, 5) is 23.5. The maximum atomic E-state index is 12.3. The summed E-state index contributed by atoms with van der Waals surface area (Å²) in [7, 11) is 0. The standard InChI is InChI=1S/C17H19N3O3S/c21-15(9-14-3-1-8-24-14)20-11-17(12-20)10-13(4-7-22-17)23-16-18-5-2-6-19-16/h1-3,5-6,8,13H,4,7,9-12H2. The van der Waals surface area contributed by atoms with Gasteiger partial charge in [-0.1, -0.05) is 6.07 Å². The van der Waals surface area contributed by atoms with Gasteiger partial charge in [-0.3, -0.25) is 4.79 Å². The molecule has 2 fully saturated rings. The van der Waals surface area contributed by atoms with Gasteiger partial charge in [0, 0.05) is 30.1 Å².